The summed E-state index contributed by atoms with van der Waals surface area (Å²) >= 11 is 7.10. The van der Waals surface area contributed by atoms with Crippen LogP contribution in [0.1, 0.15) is 0 Å². The van der Waals surface area contributed by atoms with Gasteiger partial charge in [-0.3, -0.25) is 5.41 Å². The van der Waals surface area contributed by atoms with E-state index in [4.69, 9.17) is 17.0 Å². The fourth-order valence-corrected chi connectivity index (χ4v) is 1.83. The molecule has 0 saturated carbocycles. The molecule has 1 saturated heterocycles. The van der Waals surface area contributed by atoms with E-state index in [9.17, 15) is 0 Å². The fraction of sp³-hybridized carbons (Fsp3) is 0.800. The normalized spacial score (nSPS) is 17.3. The standard InChI is InChI=1S/C5H9ClN2S.ClH/c6-1-2-8-3-4-9-5(8)7;/h7H,1-4H2;1H. The smallest absolute Gasteiger partial charge is 0.156 e. The Kier molecular flexibility index (Phi) is 5.31. The van der Waals surface area contributed by atoms with Gasteiger partial charge in [-0.25, -0.2) is 0 Å². The second kappa shape index (κ2) is 5.10. The summed E-state index contributed by atoms with van der Waals surface area (Å²) in [5, 5.41) is 8.02. The number of alkyl halides is 1. The van der Waals surface area contributed by atoms with Crippen LogP contribution in [0.4, 0.5) is 0 Å². The second-order valence-electron chi connectivity index (χ2n) is 1.83. The van der Waals surface area contributed by atoms with Crippen molar-refractivity contribution in [1.82, 2.24) is 4.90 Å². The number of amidine groups is 1. The van der Waals surface area contributed by atoms with Crippen LogP contribution >= 0.6 is 35.8 Å². The monoisotopic (exact) mass is 200 g/mol. The first kappa shape index (κ1) is 10.4. The topological polar surface area (TPSA) is 27.1 Å². The maximum absolute atomic E-state index is 7.34. The Morgan fingerprint density at radius 1 is 1.70 bits per heavy atom. The maximum Gasteiger partial charge on any atom is 0.156 e. The van der Waals surface area contributed by atoms with Gasteiger partial charge in [0.25, 0.3) is 0 Å². The maximum atomic E-state index is 7.34. The molecule has 0 amide bonds. The first-order chi connectivity index (χ1) is 4.34. The van der Waals surface area contributed by atoms with Crippen LogP contribution in [0.5, 0.6) is 0 Å². The Hall–Kier alpha value is 0.400. The number of halogens is 2. The van der Waals surface area contributed by atoms with Crippen molar-refractivity contribution in [2.24, 2.45) is 0 Å². The third-order valence-electron chi connectivity index (χ3n) is 1.24. The number of hydrogen-bond acceptors (Lipinski definition) is 2. The molecule has 0 aromatic carbocycles. The molecule has 1 N–H and O–H groups in total. The molecule has 0 atom stereocenters. The van der Waals surface area contributed by atoms with Crippen molar-refractivity contribution in [2.75, 3.05) is 24.7 Å². The Morgan fingerprint density at radius 3 is 2.80 bits per heavy atom. The van der Waals surface area contributed by atoms with Gasteiger partial charge in [-0.2, -0.15) is 0 Å². The van der Waals surface area contributed by atoms with Crippen LogP contribution in [0.15, 0.2) is 0 Å². The van der Waals surface area contributed by atoms with Crippen molar-refractivity contribution in [3.63, 3.8) is 0 Å². The summed E-state index contributed by atoms with van der Waals surface area (Å²) in [6.45, 7) is 1.82. The highest BCUT2D eigenvalue weighted by atomic mass is 35.5. The molecule has 0 radical (unpaired) electrons. The van der Waals surface area contributed by atoms with Crippen molar-refractivity contribution in [1.29, 1.82) is 5.41 Å². The summed E-state index contributed by atoms with van der Waals surface area (Å²) in [6, 6.07) is 0. The van der Waals surface area contributed by atoms with Crippen LogP contribution in [0, 0.1) is 5.41 Å². The van der Waals surface area contributed by atoms with Crippen LogP contribution in [0.25, 0.3) is 0 Å². The quantitative estimate of drug-likeness (QED) is 0.687. The minimum Gasteiger partial charge on any atom is -0.350 e. The Bertz CT molecular complexity index is 120. The van der Waals surface area contributed by atoms with Crippen LogP contribution in [-0.4, -0.2) is 34.8 Å². The lowest BCUT2D eigenvalue weighted by atomic mass is 10.6. The zero-order valence-corrected chi connectivity index (χ0v) is 7.86. The lowest BCUT2D eigenvalue weighted by molar-refractivity contribution is 0.489. The van der Waals surface area contributed by atoms with Crippen molar-refractivity contribution in [2.45, 2.75) is 0 Å². The van der Waals surface area contributed by atoms with E-state index in [2.05, 4.69) is 0 Å². The fourth-order valence-electron chi connectivity index (χ4n) is 0.761. The predicted octanol–water partition coefficient (Wildman–Crippen LogP) is 1.63. The highest BCUT2D eigenvalue weighted by molar-refractivity contribution is 8.14. The highest BCUT2D eigenvalue weighted by Gasteiger charge is 2.15. The summed E-state index contributed by atoms with van der Waals surface area (Å²) < 4.78 is 0. The average Bonchev–Trinajstić information content (AvgIpc) is 2.18. The zero-order chi connectivity index (χ0) is 6.69. The molecule has 1 heterocycles. The number of rotatable bonds is 2. The van der Waals surface area contributed by atoms with E-state index < -0.39 is 0 Å². The van der Waals surface area contributed by atoms with Crippen LogP contribution in [0.3, 0.4) is 0 Å². The SMILES string of the molecule is Cl.N=C1SCCN1CCCl. The molecule has 10 heavy (non-hydrogen) atoms. The molecule has 1 aliphatic rings. The number of thioether (sulfide) groups is 1. The van der Waals surface area contributed by atoms with E-state index in [1.165, 1.54) is 0 Å². The van der Waals surface area contributed by atoms with E-state index in [1.807, 2.05) is 4.90 Å². The minimum absolute atomic E-state index is 0. The number of nitrogens with one attached hydrogen (secondary N) is 1. The molecule has 1 fully saturated rings. The molecule has 2 nitrogen and oxygen atoms in total. The van der Waals surface area contributed by atoms with E-state index in [0.717, 1.165) is 18.8 Å². The summed E-state index contributed by atoms with van der Waals surface area (Å²) in [7, 11) is 0. The molecular formula is C5H10Cl2N2S. The molecule has 0 unspecified atom stereocenters. The van der Waals surface area contributed by atoms with Gasteiger partial charge in [-0.15, -0.1) is 24.0 Å². The van der Waals surface area contributed by atoms with Crippen LogP contribution < -0.4 is 0 Å². The largest absolute Gasteiger partial charge is 0.350 e. The molecule has 5 heteroatoms. The van der Waals surface area contributed by atoms with E-state index >= 15 is 0 Å². The lowest BCUT2D eigenvalue weighted by Crippen LogP contribution is -2.25. The molecular weight excluding hydrogens is 191 g/mol. The summed E-state index contributed by atoms with van der Waals surface area (Å²) in [6.07, 6.45) is 0. The van der Waals surface area contributed by atoms with Crippen molar-refractivity contribution < 1.29 is 0 Å². The number of nitrogens with zero attached hydrogens (tertiary/aromatic N) is 1. The first-order valence-corrected chi connectivity index (χ1v) is 4.39. The first-order valence-electron chi connectivity index (χ1n) is 2.87. The van der Waals surface area contributed by atoms with Gasteiger partial charge in [-0.1, -0.05) is 11.8 Å². The minimum atomic E-state index is 0. The third kappa shape index (κ3) is 2.56. The second-order valence-corrected chi connectivity index (χ2v) is 3.29. The lowest BCUT2D eigenvalue weighted by Gasteiger charge is -2.13. The van der Waals surface area contributed by atoms with Crippen molar-refractivity contribution >= 4 is 40.9 Å². The molecule has 0 bridgehead atoms. The van der Waals surface area contributed by atoms with Gasteiger partial charge in [0.1, 0.15) is 0 Å². The van der Waals surface area contributed by atoms with Gasteiger partial charge in [0.05, 0.1) is 0 Å². The molecule has 1 aliphatic heterocycles. The zero-order valence-electron chi connectivity index (χ0n) is 5.47. The molecule has 1 rings (SSSR count). The van der Waals surface area contributed by atoms with Gasteiger partial charge in [-0.05, 0) is 0 Å². The van der Waals surface area contributed by atoms with Crippen LogP contribution in [-0.2, 0) is 0 Å². The summed E-state index contributed by atoms with van der Waals surface area (Å²) in [5.74, 6) is 1.68. The Balaban J connectivity index is 0.000000810. The third-order valence-corrected chi connectivity index (χ3v) is 2.33. The Morgan fingerprint density at radius 2 is 2.40 bits per heavy atom. The average molecular weight is 201 g/mol. The molecule has 0 aliphatic carbocycles. The van der Waals surface area contributed by atoms with Gasteiger partial charge in [0.15, 0.2) is 5.17 Å². The van der Waals surface area contributed by atoms with Gasteiger partial charge >= 0.3 is 0 Å². The molecule has 0 aromatic heterocycles. The van der Waals surface area contributed by atoms with E-state index in [0.29, 0.717) is 11.0 Å². The van der Waals surface area contributed by atoms with Gasteiger partial charge in [0, 0.05) is 24.7 Å². The van der Waals surface area contributed by atoms with Crippen molar-refractivity contribution in [3.05, 3.63) is 0 Å². The van der Waals surface area contributed by atoms with Gasteiger partial charge in [0.2, 0.25) is 0 Å². The number of hydrogen-bond donors (Lipinski definition) is 1. The Labute approximate surface area is 76.2 Å². The summed E-state index contributed by atoms with van der Waals surface area (Å²) in [5.41, 5.74) is 0. The van der Waals surface area contributed by atoms with E-state index in [1.54, 1.807) is 11.8 Å². The summed E-state index contributed by atoms with van der Waals surface area (Å²) in [4.78, 5) is 2.00. The van der Waals surface area contributed by atoms with E-state index in [-0.39, 0.29) is 12.4 Å². The van der Waals surface area contributed by atoms with Gasteiger partial charge < -0.3 is 4.90 Å². The molecule has 60 valence electrons. The van der Waals surface area contributed by atoms with Crippen molar-refractivity contribution in [3.8, 4) is 0 Å². The molecule has 0 aromatic rings. The highest BCUT2D eigenvalue weighted by Crippen LogP contribution is 2.15. The predicted molar refractivity (Wildman–Crippen MR) is 49.7 cm³/mol. The molecule has 0 spiro atoms. The van der Waals surface area contributed by atoms with Crippen LogP contribution in [0.2, 0.25) is 0 Å².